The van der Waals surface area contributed by atoms with E-state index in [2.05, 4.69) is 43.8 Å². The smallest absolute Gasteiger partial charge is 0.258 e. The first-order valence-electron chi connectivity index (χ1n) is 5.19. The Kier molecular flexibility index (Phi) is 4.81. The van der Waals surface area contributed by atoms with Gasteiger partial charge in [-0.15, -0.1) is 0 Å². The summed E-state index contributed by atoms with van der Waals surface area (Å²) in [5, 5.41) is 2.59. The van der Waals surface area contributed by atoms with Gasteiger partial charge in [0.15, 0.2) is 5.82 Å². The Morgan fingerprint density at radius 3 is 2.79 bits per heavy atom. The van der Waals surface area contributed by atoms with Gasteiger partial charge < -0.3 is 5.32 Å². The normalized spacial score (nSPS) is 10.3. The van der Waals surface area contributed by atoms with Gasteiger partial charge in [0, 0.05) is 8.04 Å². The van der Waals surface area contributed by atoms with Crippen LogP contribution in [0.3, 0.4) is 0 Å². The highest BCUT2D eigenvalue weighted by molar-refractivity contribution is 14.1. The lowest BCUT2D eigenvalue weighted by Crippen LogP contribution is -2.14. The van der Waals surface area contributed by atoms with Crippen LogP contribution in [0.15, 0.2) is 40.9 Å². The molecule has 1 N–H and O–H groups in total. The zero-order chi connectivity index (χ0) is 14.0. The number of rotatable bonds is 2. The van der Waals surface area contributed by atoms with Crippen molar-refractivity contribution in [2.75, 3.05) is 5.32 Å². The lowest BCUT2D eigenvalue weighted by Gasteiger charge is -2.09. The number of anilines is 1. The van der Waals surface area contributed by atoms with E-state index in [1.807, 2.05) is 12.1 Å². The van der Waals surface area contributed by atoms with Crippen LogP contribution in [-0.4, -0.2) is 5.91 Å². The summed E-state index contributed by atoms with van der Waals surface area (Å²) in [4.78, 5) is 12.0. The van der Waals surface area contributed by atoms with Crippen LogP contribution in [0.1, 0.15) is 10.4 Å². The standard InChI is InChI=1S/C13H7BrClFINO/c14-7-4-5-10(17)11(6-7)18-13(19)8-2-1-3-9(15)12(8)16/h1-6H,(H,18,19). The Morgan fingerprint density at radius 1 is 1.32 bits per heavy atom. The van der Waals surface area contributed by atoms with Crippen LogP contribution in [0.4, 0.5) is 10.1 Å². The van der Waals surface area contributed by atoms with Gasteiger partial charge >= 0.3 is 0 Å². The maximum atomic E-state index is 13.7. The lowest BCUT2D eigenvalue weighted by atomic mass is 10.2. The van der Waals surface area contributed by atoms with Crippen LogP contribution >= 0.6 is 50.1 Å². The van der Waals surface area contributed by atoms with Crippen LogP contribution in [0.5, 0.6) is 0 Å². The molecule has 0 saturated heterocycles. The second-order valence-corrected chi connectivity index (χ2v) is 6.16. The summed E-state index contributed by atoms with van der Waals surface area (Å²) in [6.07, 6.45) is 0. The van der Waals surface area contributed by atoms with Gasteiger partial charge in [-0.2, -0.15) is 0 Å². The number of amides is 1. The van der Waals surface area contributed by atoms with Gasteiger partial charge in [0.2, 0.25) is 0 Å². The Balaban J connectivity index is 2.31. The molecule has 1 amide bonds. The summed E-state index contributed by atoms with van der Waals surface area (Å²) in [5.74, 6) is -1.25. The predicted octanol–water partition coefficient (Wildman–Crippen LogP) is 5.10. The summed E-state index contributed by atoms with van der Waals surface area (Å²) >= 11 is 11.1. The molecule has 0 atom stereocenters. The monoisotopic (exact) mass is 453 g/mol. The fourth-order valence-electron chi connectivity index (χ4n) is 1.46. The zero-order valence-corrected chi connectivity index (χ0v) is 13.9. The first kappa shape index (κ1) is 14.7. The zero-order valence-electron chi connectivity index (χ0n) is 9.38. The topological polar surface area (TPSA) is 29.1 Å². The fraction of sp³-hybridized carbons (Fsp3) is 0. The average Bonchev–Trinajstić information content (AvgIpc) is 2.37. The molecule has 2 aromatic rings. The average molecular weight is 454 g/mol. The van der Waals surface area contributed by atoms with E-state index in [0.29, 0.717) is 5.69 Å². The van der Waals surface area contributed by atoms with Gasteiger partial charge in [-0.1, -0.05) is 33.6 Å². The van der Waals surface area contributed by atoms with Crippen molar-refractivity contribution in [3.63, 3.8) is 0 Å². The quantitative estimate of drug-likeness (QED) is 0.629. The third-order valence-electron chi connectivity index (χ3n) is 2.37. The molecule has 0 radical (unpaired) electrons. The molecule has 2 rings (SSSR count). The number of nitrogens with one attached hydrogen (secondary N) is 1. The molecule has 98 valence electrons. The largest absolute Gasteiger partial charge is 0.321 e. The van der Waals surface area contributed by atoms with Gasteiger partial charge in [0.05, 0.1) is 16.3 Å². The van der Waals surface area contributed by atoms with E-state index < -0.39 is 11.7 Å². The number of carbonyl (C=O) groups excluding carboxylic acids is 1. The predicted molar refractivity (Wildman–Crippen MR) is 86.2 cm³/mol. The van der Waals surface area contributed by atoms with Crippen LogP contribution in [-0.2, 0) is 0 Å². The van der Waals surface area contributed by atoms with Gasteiger partial charge in [-0.05, 0) is 52.9 Å². The summed E-state index contributed by atoms with van der Waals surface area (Å²) in [6, 6.07) is 9.78. The number of halogens is 4. The van der Waals surface area contributed by atoms with E-state index in [1.165, 1.54) is 18.2 Å². The summed E-state index contributed by atoms with van der Waals surface area (Å²) < 4.78 is 15.4. The molecule has 0 aliphatic heterocycles. The van der Waals surface area contributed by atoms with Gasteiger partial charge in [-0.3, -0.25) is 4.79 Å². The molecule has 0 saturated carbocycles. The van der Waals surface area contributed by atoms with Crippen molar-refractivity contribution in [2.24, 2.45) is 0 Å². The van der Waals surface area contributed by atoms with E-state index in [0.717, 1.165) is 8.04 Å². The second kappa shape index (κ2) is 6.19. The molecule has 6 heteroatoms. The first-order chi connectivity index (χ1) is 8.99. The molecule has 19 heavy (non-hydrogen) atoms. The summed E-state index contributed by atoms with van der Waals surface area (Å²) in [6.45, 7) is 0. The molecule has 0 fully saturated rings. The molecule has 0 heterocycles. The van der Waals surface area contributed by atoms with Crippen molar-refractivity contribution >= 4 is 61.7 Å². The molecule has 0 aliphatic carbocycles. The molecule has 2 aromatic carbocycles. The number of carbonyl (C=O) groups is 1. The second-order valence-electron chi connectivity index (χ2n) is 3.68. The van der Waals surface area contributed by atoms with Crippen molar-refractivity contribution < 1.29 is 9.18 Å². The Morgan fingerprint density at radius 2 is 2.05 bits per heavy atom. The molecule has 2 nitrogen and oxygen atoms in total. The highest BCUT2D eigenvalue weighted by Crippen LogP contribution is 2.24. The van der Waals surface area contributed by atoms with Gasteiger partial charge in [-0.25, -0.2) is 4.39 Å². The van der Waals surface area contributed by atoms with Gasteiger partial charge in [0.25, 0.3) is 5.91 Å². The SMILES string of the molecule is O=C(Nc1cc(Br)ccc1I)c1cccc(Cl)c1F. The van der Waals surface area contributed by atoms with E-state index in [1.54, 1.807) is 6.07 Å². The highest BCUT2D eigenvalue weighted by Gasteiger charge is 2.15. The van der Waals surface area contributed by atoms with Crippen molar-refractivity contribution in [1.29, 1.82) is 0 Å². The maximum absolute atomic E-state index is 13.7. The Bertz CT molecular complexity index is 651. The maximum Gasteiger partial charge on any atom is 0.258 e. The van der Waals surface area contributed by atoms with Crippen molar-refractivity contribution in [3.8, 4) is 0 Å². The van der Waals surface area contributed by atoms with Crippen LogP contribution in [0, 0.1) is 9.39 Å². The van der Waals surface area contributed by atoms with Crippen LogP contribution in [0.2, 0.25) is 5.02 Å². The Hall–Kier alpha value is -0.660. The van der Waals surface area contributed by atoms with Crippen molar-refractivity contribution in [3.05, 3.63) is 60.8 Å². The molecular weight excluding hydrogens is 447 g/mol. The lowest BCUT2D eigenvalue weighted by molar-refractivity contribution is 0.102. The van der Waals surface area contributed by atoms with E-state index in [9.17, 15) is 9.18 Å². The minimum atomic E-state index is -0.716. The third kappa shape index (κ3) is 3.46. The van der Waals surface area contributed by atoms with Crippen LogP contribution < -0.4 is 5.32 Å². The number of benzene rings is 2. The number of hydrogen-bond donors (Lipinski definition) is 1. The minimum absolute atomic E-state index is 0.0726. The molecule has 0 unspecified atom stereocenters. The molecule has 0 aromatic heterocycles. The Labute approximate surface area is 136 Å². The number of hydrogen-bond acceptors (Lipinski definition) is 1. The molecule has 0 bridgehead atoms. The van der Waals surface area contributed by atoms with Crippen molar-refractivity contribution in [1.82, 2.24) is 0 Å². The highest BCUT2D eigenvalue weighted by atomic mass is 127. The molecular formula is C13H7BrClFINO. The third-order valence-corrected chi connectivity index (χ3v) is 4.10. The van der Waals surface area contributed by atoms with Crippen LogP contribution in [0.25, 0.3) is 0 Å². The van der Waals surface area contributed by atoms with Gasteiger partial charge in [0.1, 0.15) is 0 Å². The summed E-state index contributed by atoms with van der Waals surface area (Å²) in [7, 11) is 0. The summed E-state index contributed by atoms with van der Waals surface area (Å²) in [5.41, 5.74) is 0.530. The minimum Gasteiger partial charge on any atom is -0.321 e. The molecule has 0 spiro atoms. The first-order valence-corrected chi connectivity index (χ1v) is 7.44. The van der Waals surface area contributed by atoms with E-state index >= 15 is 0 Å². The fourth-order valence-corrected chi connectivity index (χ4v) is 2.47. The van der Waals surface area contributed by atoms with E-state index in [-0.39, 0.29) is 10.6 Å². The molecule has 0 aliphatic rings. The van der Waals surface area contributed by atoms with E-state index in [4.69, 9.17) is 11.6 Å². The van der Waals surface area contributed by atoms with Crippen molar-refractivity contribution in [2.45, 2.75) is 0 Å².